The second-order valence-corrected chi connectivity index (χ2v) is 8.99. The molecule has 8 nitrogen and oxygen atoms in total. The first-order chi connectivity index (χ1) is 15.7. The van der Waals surface area contributed by atoms with Gasteiger partial charge in [0.2, 0.25) is 5.88 Å². The number of aromatic carboxylic acids is 1. The number of aromatic nitrogens is 1. The average molecular weight is 457 g/mol. The third-order valence-electron chi connectivity index (χ3n) is 5.30. The minimum Gasteiger partial charge on any atom is -0.493 e. The van der Waals surface area contributed by atoms with Crippen molar-refractivity contribution in [2.24, 2.45) is 0 Å². The van der Waals surface area contributed by atoms with Gasteiger partial charge in [-0.2, -0.15) is 0 Å². The minimum absolute atomic E-state index is 0.167. The van der Waals surface area contributed by atoms with Crippen LogP contribution < -0.4 is 9.47 Å². The highest BCUT2D eigenvalue weighted by Gasteiger charge is 2.28. The molecule has 2 aromatic rings. The number of carboxylic acids is 1. The van der Waals surface area contributed by atoms with E-state index in [4.69, 9.17) is 14.2 Å². The number of carbonyl (C=O) groups excluding carboxylic acids is 1. The Morgan fingerprint density at radius 1 is 1.12 bits per heavy atom. The SMILES string of the molecule is CCOc1cc(C(=O)O)ccc1COc1cccc(C2CCN(C(=O)OC(C)(C)C)CC2)n1. The lowest BCUT2D eigenvalue weighted by Gasteiger charge is -2.33. The zero-order chi connectivity index (χ0) is 24.0. The molecule has 0 aliphatic carbocycles. The number of pyridine rings is 1. The minimum atomic E-state index is -1.00. The molecule has 8 heteroatoms. The summed E-state index contributed by atoms with van der Waals surface area (Å²) in [6.45, 7) is 9.33. The van der Waals surface area contributed by atoms with E-state index in [0.29, 0.717) is 31.3 Å². The van der Waals surface area contributed by atoms with E-state index in [2.05, 4.69) is 4.98 Å². The lowest BCUT2D eigenvalue weighted by molar-refractivity contribution is 0.0203. The summed E-state index contributed by atoms with van der Waals surface area (Å²) in [4.78, 5) is 29.9. The normalized spacial score (nSPS) is 14.6. The summed E-state index contributed by atoms with van der Waals surface area (Å²) >= 11 is 0. The molecule has 1 fully saturated rings. The van der Waals surface area contributed by atoms with Crippen molar-refractivity contribution in [2.75, 3.05) is 19.7 Å². The molecule has 1 amide bonds. The second kappa shape index (κ2) is 10.6. The van der Waals surface area contributed by atoms with E-state index in [1.165, 1.54) is 12.1 Å². The molecule has 1 aliphatic rings. The fourth-order valence-electron chi connectivity index (χ4n) is 3.67. The number of hydrogen-bond acceptors (Lipinski definition) is 6. The third kappa shape index (κ3) is 6.84. The Morgan fingerprint density at radius 3 is 2.48 bits per heavy atom. The zero-order valence-corrected chi connectivity index (χ0v) is 19.7. The van der Waals surface area contributed by atoms with E-state index < -0.39 is 11.6 Å². The van der Waals surface area contributed by atoms with Crippen LogP contribution in [0.15, 0.2) is 36.4 Å². The van der Waals surface area contributed by atoms with Crippen LogP contribution in [0.5, 0.6) is 11.6 Å². The summed E-state index contributed by atoms with van der Waals surface area (Å²) in [5.74, 6) is 0.214. The third-order valence-corrected chi connectivity index (χ3v) is 5.30. The molecule has 0 spiro atoms. The number of carbonyl (C=O) groups is 2. The number of piperidine rings is 1. The fraction of sp³-hybridized carbons (Fsp3) is 0.480. The first kappa shape index (κ1) is 24.4. The maximum absolute atomic E-state index is 12.3. The van der Waals surface area contributed by atoms with Gasteiger partial charge in [-0.1, -0.05) is 12.1 Å². The summed E-state index contributed by atoms with van der Waals surface area (Å²) in [5, 5.41) is 9.20. The van der Waals surface area contributed by atoms with Gasteiger partial charge in [0.1, 0.15) is 18.0 Å². The van der Waals surface area contributed by atoms with Crippen molar-refractivity contribution in [2.45, 2.75) is 58.7 Å². The molecule has 2 heterocycles. The Hall–Kier alpha value is -3.29. The summed E-state index contributed by atoms with van der Waals surface area (Å²) < 4.78 is 17.0. The first-order valence-electron chi connectivity index (χ1n) is 11.2. The molecule has 0 saturated carbocycles. The van der Waals surface area contributed by atoms with Crippen LogP contribution in [-0.2, 0) is 11.3 Å². The number of benzene rings is 1. The van der Waals surface area contributed by atoms with Gasteiger partial charge in [-0.05, 0) is 58.7 Å². The molecule has 0 atom stereocenters. The molecule has 0 bridgehead atoms. The maximum Gasteiger partial charge on any atom is 0.410 e. The van der Waals surface area contributed by atoms with Gasteiger partial charge in [-0.25, -0.2) is 14.6 Å². The number of hydrogen-bond donors (Lipinski definition) is 1. The van der Waals surface area contributed by atoms with E-state index in [1.54, 1.807) is 17.0 Å². The molecule has 3 rings (SSSR count). The molecule has 33 heavy (non-hydrogen) atoms. The first-order valence-corrected chi connectivity index (χ1v) is 11.2. The van der Waals surface area contributed by atoms with E-state index >= 15 is 0 Å². The van der Waals surface area contributed by atoms with Gasteiger partial charge in [-0.3, -0.25) is 0 Å². The quantitative estimate of drug-likeness (QED) is 0.634. The van der Waals surface area contributed by atoms with E-state index in [1.807, 2.05) is 39.8 Å². The van der Waals surface area contributed by atoms with Crippen LogP contribution >= 0.6 is 0 Å². The largest absolute Gasteiger partial charge is 0.493 e. The highest BCUT2D eigenvalue weighted by Crippen LogP contribution is 2.29. The zero-order valence-electron chi connectivity index (χ0n) is 19.7. The number of ether oxygens (including phenoxy) is 3. The van der Waals surface area contributed by atoms with Crippen molar-refractivity contribution in [3.05, 3.63) is 53.2 Å². The molecule has 1 saturated heterocycles. The van der Waals surface area contributed by atoms with Gasteiger partial charge in [-0.15, -0.1) is 0 Å². The summed E-state index contributed by atoms with van der Waals surface area (Å²) in [7, 11) is 0. The van der Waals surface area contributed by atoms with Gasteiger partial charge in [0, 0.05) is 36.3 Å². The van der Waals surface area contributed by atoms with E-state index in [9.17, 15) is 14.7 Å². The van der Waals surface area contributed by atoms with E-state index in [-0.39, 0.29) is 24.2 Å². The van der Waals surface area contributed by atoms with Crippen molar-refractivity contribution < 1.29 is 28.9 Å². The van der Waals surface area contributed by atoms with Crippen molar-refractivity contribution in [3.63, 3.8) is 0 Å². The summed E-state index contributed by atoms with van der Waals surface area (Å²) in [5.41, 5.74) is 1.35. The molecular weight excluding hydrogens is 424 g/mol. The second-order valence-electron chi connectivity index (χ2n) is 8.99. The monoisotopic (exact) mass is 456 g/mol. The number of amides is 1. The van der Waals surface area contributed by atoms with Crippen LogP contribution in [0.1, 0.15) is 68.1 Å². The molecule has 1 aromatic heterocycles. The Balaban J connectivity index is 1.61. The molecule has 178 valence electrons. The molecule has 1 aromatic carbocycles. The molecule has 1 N–H and O–H groups in total. The van der Waals surface area contributed by atoms with Gasteiger partial charge in [0.05, 0.1) is 12.2 Å². The summed E-state index contributed by atoms with van der Waals surface area (Å²) in [6.07, 6.45) is 1.34. The lowest BCUT2D eigenvalue weighted by Crippen LogP contribution is -2.41. The highest BCUT2D eigenvalue weighted by molar-refractivity contribution is 5.88. The lowest BCUT2D eigenvalue weighted by atomic mass is 9.93. The van der Waals surface area contributed by atoms with Gasteiger partial charge in [0.15, 0.2) is 0 Å². The predicted molar refractivity (Wildman–Crippen MR) is 123 cm³/mol. The van der Waals surface area contributed by atoms with Crippen molar-refractivity contribution >= 4 is 12.1 Å². The Kier molecular flexibility index (Phi) is 7.79. The topological polar surface area (TPSA) is 98.2 Å². The maximum atomic E-state index is 12.3. The van der Waals surface area contributed by atoms with Gasteiger partial charge >= 0.3 is 12.1 Å². The smallest absolute Gasteiger partial charge is 0.410 e. The number of carboxylic acid groups (broad SMARTS) is 1. The Bertz CT molecular complexity index is 977. The number of likely N-dealkylation sites (tertiary alicyclic amines) is 1. The number of nitrogens with zero attached hydrogens (tertiary/aromatic N) is 2. The van der Waals surface area contributed by atoms with Crippen LogP contribution in [0.4, 0.5) is 4.79 Å². The molecule has 0 radical (unpaired) electrons. The van der Waals surface area contributed by atoms with Crippen molar-refractivity contribution in [1.29, 1.82) is 0 Å². The Labute approximate surface area is 194 Å². The molecule has 0 unspecified atom stereocenters. The van der Waals surface area contributed by atoms with Crippen LogP contribution in [0.3, 0.4) is 0 Å². The van der Waals surface area contributed by atoms with Crippen LogP contribution in [-0.4, -0.2) is 52.4 Å². The number of rotatable bonds is 7. The van der Waals surface area contributed by atoms with Gasteiger partial charge < -0.3 is 24.2 Å². The van der Waals surface area contributed by atoms with Gasteiger partial charge in [0.25, 0.3) is 0 Å². The predicted octanol–water partition coefficient (Wildman–Crippen LogP) is 4.87. The average Bonchev–Trinajstić information content (AvgIpc) is 2.77. The molecular formula is C25H32N2O6. The van der Waals surface area contributed by atoms with Crippen LogP contribution in [0.25, 0.3) is 0 Å². The van der Waals surface area contributed by atoms with Crippen LogP contribution in [0.2, 0.25) is 0 Å². The van der Waals surface area contributed by atoms with Crippen molar-refractivity contribution in [1.82, 2.24) is 9.88 Å². The summed E-state index contributed by atoms with van der Waals surface area (Å²) in [6, 6.07) is 10.4. The van der Waals surface area contributed by atoms with Crippen LogP contribution in [0, 0.1) is 0 Å². The molecule has 1 aliphatic heterocycles. The fourth-order valence-corrected chi connectivity index (χ4v) is 3.67. The highest BCUT2D eigenvalue weighted by atomic mass is 16.6. The van der Waals surface area contributed by atoms with E-state index in [0.717, 1.165) is 24.1 Å². The van der Waals surface area contributed by atoms with Crippen molar-refractivity contribution in [3.8, 4) is 11.6 Å². The standard InChI is InChI=1S/C25H32N2O6/c1-5-31-21-15-18(23(28)29)9-10-19(21)16-32-22-8-6-7-20(26-22)17-11-13-27(14-12-17)24(30)33-25(2,3)4/h6-10,15,17H,5,11-14,16H2,1-4H3,(H,28,29). The Morgan fingerprint density at radius 2 is 1.85 bits per heavy atom.